The van der Waals surface area contributed by atoms with Gasteiger partial charge < -0.3 is 15.4 Å². The van der Waals surface area contributed by atoms with E-state index in [1.54, 1.807) is 43.6 Å². The Bertz CT molecular complexity index is 1580. The van der Waals surface area contributed by atoms with Crippen molar-refractivity contribution in [3.8, 4) is 5.75 Å². The summed E-state index contributed by atoms with van der Waals surface area (Å²) in [6.45, 7) is 0.630. The van der Waals surface area contributed by atoms with Gasteiger partial charge in [-0.2, -0.15) is 0 Å². The molecule has 0 atom stereocenters. The highest BCUT2D eigenvalue weighted by atomic mass is 32.2. The summed E-state index contributed by atoms with van der Waals surface area (Å²) in [6, 6.07) is 10.6. The maximum atomic E-state index is 12.8. The first-order valence-electron chi connectivity index (χ1n) is 10.5. The molecule has 0 bridgehead atoms. The molecule has 3 aromatic heterocycles. The molecule has 0 saturated heterocycles. The highest BCUT2D eigenvalue weighted by Gasteiger charge is 2.19. The molecule has 176 valence electrons. The van der Waals surface area contributed by atoms with Crippen LogP contribution in [0.4, 0.5) is 28.7 Å². The molecule has 1 aliphatic heterocycles. The average Bonchev–Trinajstić information content (AvgIpc) is 3.36. The van der Waals surface area contributed by atoms with Gasteiger partial charge in [-0.05, 0) is 18.2 Å². The summed E-state index contributed by atoms with van der Waals surface area (Å²) in [5.74, 6) is 1.82. The van der Waals surface area contributed by atoms with Gasteiger partial charge >= 0.3 is 0 Å². The topological polar surface area (TPSA) is 134 Å². The first-order chi connectivity index (χ1) is 16.2. The molecule has 0 aliphatic carbocycles. The van der Waals surface area contributed by atoms with E-state index in [0.29, 0.717) is 46.3 Å². The summed E-state index contributed by atoms with van der Waals surface area (Å²) in [7, 11) is -0.412. The number of para-hydroxylation sites is 2. The van der Waals surface area contributed by atoms with E-state index in [4.69, 9.17) is 4.74 Å². The van der Waals surface area contributed by atoms with Crippen LogP contribution in [0.3, 0.4) is 0 Å². The van der Waals surface area contributed by atoms with E-state index < -0.39 is 10.0 Å². The van der Waals surface area contributed by atoms with Gasteiger partial charge in [0.2, 0.25) is 10.0 Å². The number of hydrogen-bond acceptors (Lipinski definition) is 8. The molecular weight excluding hydrogens is 458 g/mol. The largest absolute Gasteiger partial charge is 0.491 e. The second-order valence-electron chi connectivity index (χ2n) is 8.03. The van der Waals surface area contributed by atoms with Crippen molar-refractivity contribution >= 4 is 49.8 Å². The van der Waals surface area contributed by atoms with E-state index in [0.717, 1.165) is 24.0 Å². The van der Waals surface area contributed by atoms with Crippen LogP contribution in [0.25, 0.3) is 11.0 Å². The Labute approximate surface area is 195 Å². The quantitative estimate of drug-likeness (QED) is 0.382. The number of rotatable bonds is 6. The number of fused-ring (bicyclic) bond motifs is 2. The number of hydrogen-bond donors (Lipinski definition) is 3. The molecule has 1 aromatic carbocycles. The third kappa shape index (κ3) is 3.92. The fraction of sp³-hybridized carbons (Fsp3) is 0.227. The standard InChI is InChI=1S/C22H23N7O4S/c1-28-22(30)20-15(24-14-6-4-5-7-16(14)29(2)34(3,31)32)11-19(26-21(20)27-28)25-18-10-13-8-9-33-17(13)12-23-18/h4-7,10-12H,8-9H2,1-3H3,(H3,23,24,25,26,27). The van der Waals surface area contributed by atoms with E-state index in [9.17, 15) is 13.2 Å². The molecule has 0 fully saturated rings. The average molecular weight is 482 g/mol. The zero-order valence-electron chi connectivity index (χ0n) is 18.8. The Balaban J connectivity index is 1.58. The number of ether oxygens (including phenoxy) is 1. The van der Waals surface area contributed by atoms with E-state index >= 15 is 0 Å². The lowest BCUT2D eigenvalue weighted by Crippen LogP contribution is -2.25. The summed E-state index contributed by atoms with van der Waals surface area (Å²) >= 11 is 0. The molecule has 0 unspecified atom stereocenters. The molecular formula is C22H23N7O4S. The molecule has 12 heteroatoms. The van der Waals surface area contributed by atoms with Crippen LogP contribution in [0.1, 0.15) is 5.56 Å². The predicted octanol–water partition coefficient (Wildman–Crippen LogP) is 2.47. The van der Waals surface area contributed by atoms with Gasteiger partial charge in [0.1, 0.15) is 22.8 Å². The number of benzene rings is 1. The van der Waals surface area contributed by atoms with Crippen molar-refractivity contribution in [3.63, 3.8) is 0 Å². The Morgan fingerprint density at radius 2 is 1.94 bits per heavy atom. The molecule has 11 nitrogen and oxygen atoms in total. The molecule has 5 rings (SSSR count). The summed E-state index contributed by atoms with van der Waals surface area (Å²) in [5.41, 5.74) is 2.59. The summed E-state index contributed by atoms with van der Waals surface area (Å²) < 4.78 is 32.3. The van der Waals surface area contributed by atoms with Crippen LogP contribution in [-0.4, -0.2) is 48.1 Å². The van der Waals surface area contributed by atoms with Gasteiger partial charge in [0.25, 0.3) is 5.56 Å². The minimum Gasteiger partial charge on any atom is -0.491 e. The number of anilines is 5. The molecule has 0 spiro atoms. The molecule has 0 saturated carbocycles. The summed E-state index contributed by atoms with van der Waals surface area (Å²) in [6.07, 6.45) is 3.61. The number of H-pyrrole nitrogens is 1. The number of nitrogens with one attached hydrogen (secondary N) is 3. The maximum absolute atomic E-state index is 12.8. The first-order valence-corrected chi connectivity index (χ1v) is 12.3. The SMILES string of the molecule is CN(c1ccccc1Nc1cc(Nc2cc3c(cn2)OCC3)nc2[nH]n(C)c(=O)c12)S(C)(=O)=O. The highest BCUT2D eigenvalue weighted by Crippen LogP contribution is 2.33. The van der Waals surface area contributed by atoms with Crippen LogP contribution in [0.2, 0.25) is 0 Å². The third-order valence-electron chi connectivity index (χ3n) is 5.66. The van der Waals surface area contributed by atoms with Crippen molar-refractivity contribution in [1.82, 2.24) is 19.7 Å². The van der Waals surface area contributed by atoms with E-state index in [1.165, 1.54) is 16.0 Å². The van der Waals surface area contributed by atoms with E-state index in [1.807, 2.05) is 6.07 Å². The lowest BCUT2D eigenvalue weighted by Gasteiger charge is -2.21. The highest BCUT2D eigenvalue weighted by molar-refractivity contribution is 7.92. The zero-order chi connectivity index (χ0) is 24.0. The zero-order valence-corrected chi connectivity index (χ0v) is 19.6. The van der Waals surface area contributed by atoms with Crippen LogP contribution in [-0.2, 0) is 23.5 Å². The van der Waals surface area contributed by atoms with Crippen molar-refractivity contribution < 1.29 is 13.2 Å². The number of aromatic amines is 1. The monoisotopic (exact) mass is 481 g/mol. The van der Waals surface area contributed by atoms with Gasteiger partial charge in [-0.3, -0.25) is 18.9 Å². The number of sulfonamides is 1. The molecule has 34 heavy (non-hydrogen) atoms. The van der Waals surface area contributed by atoms with Crippen LogP contribution in [0.5, 0.6) is 5.75 Å². The Morgan fingerprint density at radius 1 is 1.15 bits per heavy atom. The van der Waals surface area contributed by atoms with Crippen molar-refractivity contribution in [2.75, 3.05) is 34.8 Å². The van der Waals surface area contributed by atoms with Crippen molar-refractivity contribution in [3.05, 3.63) is 58.5 Å². The Hall–Kier alpha value is -4.06. The van der Waals surface area contributed by atoms with Crippen LogP contribution < -0.4 is 25.2 Å². The van der Waals surface area contributed by atoms with E-state index in [-0.39, 0.29) is 5.56 Å². The minimum atomic E-state index is -3.49. The van der Waals surface area contributed by atoms with Gasteiger partial charge in [0.05, 0.1) is 36.1 Å². The predicted molar refractivity (Wildman–Crippen MR) is 131 cm³/mol. The molecule has 0 amide bonds. The van der Waals surface area contributed by atoms with Gasteiger partial charge in [0, 0.05) is 32.1 Å². The first kappa shape index (κ1) is 21.8. The second-order valence-corrected chi connectivity index (χ2v) is 10.0. The number of pyridine rings is 2. The van der Waals surface area contributed by atoms with Crippen molar-refractivity contribution in [2.45, 2.75) is 6.42 Å². The van der Waals surface area contributed by atoms with Crippen molar-refractivity contribution in [2.24, 2.45) is 7.05 Å². The Kier molecular flexibility index (Phi) is 5.16. The van der Waals surface area contributed by atoms with Gasteiger partial charge in [0.15, 0.2) is 5.65 Å². The third-order valence-corrected chi connectivity index (χ3v) is 6.85. The molecule has 4 aromatic rings. The van der Waals surface area contributed by atoms with Gasteiger partial charge in [-0.1, -0.05) is 12.1 Å². The normalized spacial score (nSPS) is 12.9. The molecule has 0 radical (unpaired) electrons. The number of nitrogens with zero attached hydrogens (tertiary/aromatic N) is 4. The van der Waals surface area contributed by atoms with Crippen LogP contribution >= 0.6 is 0 Å². The molecule has 4 heterocycles. The maximum Gasteiger partial charge on any atom is 0.277 e. The van der Waals surface area contributed by atoms with Crippen LogP contribution in [0, 0.1) is 0 Å². The minimum absolute atomic E-state index is 0.265. The van der Waals surface area contributed by atoms with Gasteiger partial charge in [-0.15, -0.1) is 0 Å². The van der Waals surface area contributed by atoms with E-state index in [2.05, 4.69) is 25.7 Å². The summed E-state index contributed by atoms with van der Waals surface area (Å²) in [4.78, 5) is 21.7. The van der Waals surface area contributed by atoms with Crippen molar-refractivity contribution in [1.29, 1.82) is 0 Å². The van der Waals surface area contributed by atoms with Crippen LogP contribution in [0.15, 0.2) is 47.4 Å². The van der Waals surface area contributed by atoms with Gasteiger partial charge in [-0.25, -0.2) is 18.4 Å². The molecule has 3 N–H and O–H groups in total. The fourth-order valence-electron chi connectivity index (χ4n) is 3.84. The lowest BCUT2D eigenvalue weighted by atomic mass is 10.2. The number of aryl methyl sites for hydroxylation is 1. The number of aromatic nitrogens is 4. The molecule has 1 aliphatic rings. The lowest BCUT2D eigenvalue weighted by molar-refractivity contribution is 0.355. The Morgan fingerprint density at radius 3 is 2.74 bits per heavy atom. The summed E-state index contributed by atoms with van der Waals surface area (Å²) in [5, 5.41) is 9.71. The fourth-order valence-corrected chi connectivity index (χ4v) is 4.36. The smallest absolute Gasteiger partial charge is 0.277 e. The second kappa shape index (κ2) is 8.06.